The van der Waals surface area contributed by atoms with Crippen LogP contribution in [-0.4, -0.2) is 43.7 Å². The molecule has 0 aliphatic heterocycles. The number of unbranched alkanes of at least 4 members (excludes halogenated alkanes) is 1. The molecule has 0 radical (unpaired) electrons. The first-order valence-corrected chi connectivity index (χ1v) is 9.86. The fraction of sp³-hybridized carbons (Fsp3) is 0.400. The highest BCUT2D eigenvalue weighted by atomic mass is 16.5. The molecule has 1 atom stereocenters. The van der Waals surface area contributed by atoms with E-state index in [0.29, 0.717) is 36.4 Å². The number of fused-ring (bicyclic) bond motifs is 1. The van der Waals surface area contributed by atoms with Crippen LogP contribution in [-0.2, 0) is 11.3 Å². The summed E-state index contributed by atoms with van der Waals surface area (Å²) in [6.07, 6.45) is 1.84. The van der Waals surface area contributed by atoms with Crippen molar-refractivity contribution in [1.82, 2.24) is 19.5 Å². The Labute approximate surface area is 173 Å². The summed E-state index contributed by atoms with van der Waals surface area (Å²) < 4.78 is 7.00. The number of nitrogens with zero attached hydrogens (tertiary/aromatic N) is 3. The molecule has 0 saturated carbocycles. The molecular formula is C20H26N6O4. The number of nitrogen functional groups attached to an aromatic ring is 1. The Morgan fingerprint density at radius 3 is 2.93 bits per heavy atom. The molecule has 0 aliphatic carbocycles. The zero-order valence-electron chi connectivity index (χ0n) is 17.0. The molecule has 0 bridgehead atoms. The average Bonchev–Trinajstić information content (AvgIpc) is 3.04. The van der Waals surface area contributed by atoms with Crippen molar-refractivity contribution in [3.8, 4) is 6.01 Å². The minimum Gasteiger partial charge on any atom is -0.481 e. The number of nitrogens with two attached hydrogens (primary N) is 1. The van der Waals surface area contributed by atoms with Crippen LogP contribution in [0, 0.1) is 0 Å². The molecule has 0 saturated heterocycles. The van der Waals surface area contributed by atoms with Crippen LogP contribution in [0.4, 0.5) is 11.5 Å². The Bertz CT molecular complexity index is 1090. The van der Waals surface area contributed by atoms with E-state index in [4.69, 9.17) is 10.5 Å². The van der Waals surface area contributed by atoms with Crippen molar-refractivity contribution in [2.45, 2.75) is 39.2 Å². The summed E-state index contributed by atoms with van der Waals surface area (Å²) in [7, 11) is 0. The summed E-state index contributed by atoms with van der Waals surface area (Å²) in [4.78, 5) is 34.7. The molecule has 3 rings (SSSR count). The molecule has 3 aromatic rings. The second-order valence-electron chi connectivity index (χ2n) is 6.99. The van der Waals surface area contributed by atoms with Gasteiger partial charge < -0.3 is 25.9 Å². The van der Waals surface area contributed by atoms with Crippen molar-refractivity contribution in [3.63, 3.8) is 0 Å². The van der Waals surface area contributed by atoms with Crippen LogP contribution < -0.4 is 21.5 Å². The fourth-order valence-electron chi connectivity index (χ4n) is 2.98. The minimum atomic E-state index is -0.883. The van der Waals surface area contributed by atoms with Crippen molar-refractivity contribution >= 4 is 28.6 Å². The number of imidazole rings is 1. The van der Waals surface area contributed by atoms with Crippen LogP contribution in [0.5, 0.6) is 6.01 Å². The monoisotopic (exact) mass is 414 g/mol. The number of aromatic nitrogens is 4. The summed E-state index contributed by atoms with van der Waals surface area (Å²) in [5.41, 5.74) is 7.84. The van der Waals surface area contributed by atoms with Gasteiger partial charge in [-0.25, -0.2) is 4.79 Å². The Kier molecular flexibility index (Phi) is 6.55. The second-order valence-corrected chi connectivity index (χ2v) is 6.99. The summed E-state index contributed by atoms with van der Waals surface area (Å²) >= 11 is 0. The fourth-order valence-corrected chi connectivity index (χ4v) is 2.98. The Balaban J connectivity index is 1.74. The normalized spacial score (nSPS) is 12.1. The highest BCUT2D eigenvalue weighted by Crippen LogP contribution is 2.20. The first-order chi connectivity index (χ1) is 14.4. The quantitative estimate of drug-likeness (QED) is 0.369. The zero-order valence-corrected chi connectivity index (χ0v) is 17.0. The predicted molar refractivity (Wildman–Crippen MR) is 114 cm³/mol. The standard InChI is InChI=1S/C20H26N6O4/c1-3-4-10-30-19-24-16(21)15-17(25-19)26(20(29)23-15)9-8-22-14-7-5-6-13(11-14)12(2)18(27)28/h5-7,11-12,22H,3-4,8-10H2,1-2H3,(H,23,29)(H,27,28)(H2,21,24,25). The van der Waals surface area contributed by atoms with Crippen LogP contribution in [0.1, 0.15) is 38.2 Å². The van der Waals surface area contributed by atoms with Crippen molar-refractivity contribution < 1.29 is 14.6 Å². The third-order valence-corrected chi connectivity index (χ3v) is 4.78. The van der Waals surface area contributed by atoms with E-state index in [1.165, 1.54) is 4.57 Å². The van der Waals surface area contributed by atoms with E-state index in [-0.39, 0.29) is 17.5 Å². The number of hydrogen-bond acceptors (Lipinski definition) is 7. The summed E-state index contributed by atoms with van der Waals surface area (Å²) in [5, 5.41) is 12.4. The number of anilines is 2. The van der Waals surface area contributed by atoms with Gasteiger partial charge in [-0.3, -0.25) is 9.36 Å². The SMILES string of the molecule is CCCCOc1nc(N)c2[nH]c(=O)n(CCNc3cccc(C(C)C(=O)O)c3)c2n1. The highest BCUT2D eigenvalue weighted by Gasteiger charge is 2.15. The largest absolute Gasteiger partial charge is 0.481 e. The van der Waals surface area contributed by atoms with E-state index in [1.54, 1.807) is 25.1 Å². The number of H-pyrrole nitrogens is 1. The third-order valence-electron chi connectivity index (χ3n) is 4.78. The van der Waals surface area contributed by atoms with Crippen LogP contribution in [0.3, 0.4) is 0 Å². The van der Waals surface area contributed by atoms with Gasteiger partial charge in [0.2, 0.25) is 0 Å². The number of rotatable bonds is 10. The van der Waals surface area contributed by atoms with Gasteiger partial charge in [0.05, 0.1) is 12.5 Å². The molecule has 0 amide bonds. The maximum atomic E-state index is 12.4. The number of aromatic amines is 1. The van der Waals surface area contributed by atoms with Gasteiger partial charge in [0.15, 0.2) is 11.5 Å². The number of benzene rings is 1. The molecule has 5 N–H and O–H groups in total. The number of carboxylic acid groups (broad SMARTS) is 1. The van der Waals surface area contributed by atoms with Crippen molar-refractivity contribution in [2.75, 3.05) is 24.2 Å². The average molecular weight is 414 g/mol. The summed E-state index contributed by atoms with van der Waals surface area (Å²) in [5.74, 6) is -1.33. The van der Waals surface area contributed by atoms with Gasteiger partial charge in [-0.05, 0) is 31.0 Å². The van der Waals surface area contributed by atoms with Crippen LogP contribution in [0.15, 0.2) is 29.1 Å². The van der Waals surface area contributed by atoms with Gasteiger partial charge in [0, 0.05) is 18.8 Å². The number of nitrogens with one attached hydrogen (secondary N) is 2. The summed E-state index contributed by atoms with van der Waals surface area (Å²) in [6.45, 7) is 4.91. The van der Waals surface area contributed by atoms with Crippen molar-refractivity contribution in [2.24, 2.45) is 0 Å². The van der Waals surface area contributed by atoms with Gasteiger partial charge in [0.25, 0.3) is 0 Å². The van der Waals surface area contributed by atoms with Gasteiger partial charge in [-0.15, -0.1) is 0 Å². The molecule has 160 valence electrons. The van der Waals surface area contributed by atoms with Crippen LogP contribution in [0.25, 0.3) is 11.2 Å². The lowest BCUT2D eigenvalue weighted by atomic mass is 10.0. The number of aliphatic carboxylic acids is 1. The molecule has 2 aromatic heterocycles. The number of carboxylic acids is 1. The molecular weight excluding hydrogens is 388 g/mol. The van der Waals surface area contributed by atoms with E-state index in [2.05, 4.69) is 27.2 Å². The molecule has 30 heavy (non-hydrogen) atoms. The van der Waals surface area contributed by atoms with E-state index >= 15 is 0 Å². The lowest BCUT2D eigenvalue weighted by Crippen LogP contribution is -2.21. The van der Waals surface area contributed by atoms with Gasteiger partial charge in [0.1, 0.15) is 5.52 Å². The van der Waals surface area contributed by atoms with Crippen molar-refractivity contribution in [3.05, 3.63) is 40.3 Å². The van der Waals surface area contributed by atoms with E-state index in [1.807, 2.05) is 6.07 Å². The highest BCUT2D eigenvalue weighted by molar-refractivity contribution is 5.81. The number of carbonyl (C=O) groups is 1. The van der Waals surface area contributed by atoms with E-state index in [0.717, 1.165) is 18.5 Å². The smallest absolute Gasteiger partial charge is 0.327 e. The Morgan fingerprint density at radius 1 is 1.40 bits per heavy atom. The molecule has 0 fully saturated rings. The topological polar surface area (TPSA) is 148 Å². The molecule has 10 nitrogen and oxygen atoms in total. The molecule has 10 heteroatoms. The van der Waals surface area contributed by atoms with Gasteiger partial charge in [-0.2, -0.15) is 9.97 Å². The molecule has 0 aliphatic rings. The van der Waals surface area contributed by atoms with E-state index in [9.17, 15) is 14.7 Å². The van der Waals surface area contributed by atoms with Crippen LogP contribution >= 0.6 is 0 Å². The van der Waals surface area contributed by atoms with Gasteiger partial charge in [-0.1, -0.05) is 25.5 Å². The molecule has 0 spiro atoms. The lowest BCUT2D eigenvalue weighted by Gasteiger charge is -2.11. The molecule has 1 unspecified atom stereocenters. The predicted octanol–water partition coefficient (Wildman–Crippen LogP) is 2.18. The third kappa shape index (κ3) is 4.70. The second kappa shape index (κ2) is 9.29. The lowest BCUT2D eigenvalue weighted by molar-refractivity contribution is -0.138. The molecule has 2 heterocycles. The zero-order chi connectivity index (χ0) is 21.7. The minimum absolute atomic E-state index is 0.143. The van der Waals surface area contributed by atoms with Crippen LogP contribution in [0.2, 0.25) is 0 Å². The maximum Gasteiger partial charge on any atom is 0.327 e. The number of hydrogen-bond donors (Lipinski definition) is 4. The van der Waals surface area contributed by atoms with E-state index < -0.39 is 11.9 Å². The van der Waals surface area contributed by atoms with Crippen molar-refractivity contribution in [1.29, 1.82) is 0 Å². The van der Waals surface area contributed by atoms with Gasteiger partial charge >= 0.3 is 17.7 Å². The Hall–Kier alpha value is -3.56. The maximum absolute atomic E-state index is 12.4. The number of ether oxygens (including phenoxy) is 1. The summed E-state index contributed by atoms with van der Waals surface area (Å²) in [6, 6.07) is 7.34. The first-order valence-electron chi connectivity index (χ1n) is 9.86. The Morgan fingerprint density at radius 2 is 2.20 bits per heavy atom. The first kappa shape index (κ1) is 21.2. The molecule has 1 aromatic carbocycles.